The van der Waals surface area contributed by atoms with E-state index in [9.17, 15) is 4.79 Å². The van der Waals surface area contributed by atoms with Crippen LogP contribution < -0.4 is 0 Å². The first-order chi connectivity index (χ1) is 12.3. The number of aldehydes is 1. The van der Waals surface area contributed by atoms with Gasteiger partial charge in [-0.05, 0) is 23.8 Å². The smallest absolute Gasteiger partial charge is 0.151 e. The Hall–Kier alpha value is -2.97. The summed E-state index contributed by atoms with van der Waals surface area (Å²) in [6.45, 7) is 0. The van der Waals surface area contributed by atoms with Gasteiger partial charge in [-0.15, -0.1) is 0 Å². The molecule has 0 spiro atoms. The molecule has 0 aliphatic heterocycles. The van der Waals surface area contributed by atoms with Gasteiger partial charge in [0.25, 0.3) is 0 Å². The van der Waals surface area contributed by atoms with Crippen LogP contribution in [-0.4, -0.2) is 11.3 Å². The van der Waals surface area contributed by atoms with E-state index in [1.807, 2.05) is 78.9 Å². The molecular formula is C22H14ClNO. The van der Waals surface area contributed by atoms with E-state index in [1.54, 1.807) is 0 Å². The largest absolute Gasteiger partial charge is 0.298 e. The topological polar surface area (TPSA) is 30.0 Å². The van der Waals surface area contributed by atoms with Crippen LogP contribution in [0.2, 0.25) is 5.02 Å². The van der Waals surface area contributed by atoms with Gasteiger partial charge in [0.15, 0.2) is 6.29 Å². The van der Waals surface area contributed by atoms with Crippen molar-refractivity contribution in [1.82, 2.24) is 4.98 Å². The second kappa shape index (κ2) is 6.50. The zero-order chi connectivity index (χ0) is 17.2. The van der Waals surface area contributed by atoms with Crippen molar-refractivity contribution in [3.05, 3.63) is 89.4 Å². The lowest BCUT2D eigenvalue weighted by Gasteiger charge is -2.15. The predicted molar refractivity (Wildman–Crippen MR) is 103 cm³/mol. The zero-order valence-corrected chi connectivity index (χ0v) is 14.1. The number of rotatable bonds is 3. The molecule has 0 saturated heterocycles. The van der Waals surface area contributed by atoms with E-state index in [1.165, 1.54) is 0 Å². The maximum absolute atomic E-state index is 12.0. The van der Waals surface area contributed by atoms with Gasteiger partial charge in [-0.3, -0.25) is 4.79 Å². The summed E-state index contributed by atoms with van der Waals surface area (Å²) in [6, 6.07) is 25.1. The number of nitrogens with zero attached hydrogens (tertiary/aromatic N) is 1. The average molecular weight is 344 g/mol. The number of hydrogen-bond acceptors (Lipinski definition) is 2. The number of carbonyl (C=O) groups is 1. The van der Waals surface area contributed by atoms with Crippen molar-refractivity contribution in [3.63, 3.8) is 0 Å². The summed E-state index contributed by atoms with van der Waals surface area (Å²) in [4.78, 5) is 16.9. The van der Waals surface area contributed by atoms with Gasteiger partial charge in [-0.25, -0.2) is 4.98 Å². The average Bonchev–Trinajstić information content (AvgIpc) is 2.67. The molecule has 4 rings (SSSR count). The number of benzene rings is 3. The molecule has 120 valence electrons. The highest BCUT2D eigenvalue weighted by Gasteiger charge is 2.17. The fourth-order valence-corrected chi connectivity index (χ4v) is 3.20. The van der Waals surface area contributed by atoms with Crippen LogP contribution in [0.4, 0.5) is 0 Å². The van der Waals surface area contributed by atoms with Crippen LogP contribution in [0.1, 0.15) is 10.4 Å². The first-order valence-corrected chi connectivity index (χ1v) is 8.35. The van der Waals surface area contributed by atoms with Crippen LogP contribution in [0, 0.1) is 0 Å². The van der Waals surface area contributed by atoms with Crippen LogP contribution in [0.15, 0.2) is 78.9 Å². The Morgan fingerprint density at radius 1 is 0.760 bits per heavy atom. The Balaban J connectivity index is 2.13. The van der Waals surface area contributed by atoms with Crippen LogP contribution in [0.25, 0.3) is 33.3 Å². The summed E-state index contributed by atoms with van der Waals surface area (Å²) < 4.78 is 0. The maximum Gasteiger partial charge on any atom is 0.151 e. The highest BCUT2D eigenvalue weighted by Crippen LogP contribution is 2.36. The first-order valence-electron chi connectivity index (χ1n) is 7.97. The molecule has 0 amide bonds. The van der Waals surface area contributed by atoms with Gasteiger partial charge in [0.05, 0.1) is 11.2 Å². The number of fused-ring (bicyclic) bond motifs is 1. The Morgan fingerprint density at radius 2 is 1.44 bits per heavy atom. The molecule has 0 aliphatic carbocycles. The molecule has 3 aromatic carbocycles. The molecule has 1 aromatic heterocycles. The summed E-state index contributed by atoms with van der Waals surface area (Å²) in [6.07, 6.45) is 0.922. The van der Waals surface area contributed by atoms with Crippen LogP contribution in [-0.2, 0) is 0 Å². The normalized spacial score (nSPS) is 10.8. The summed E-state index contributed by atoms with van der Waals surface area (Å²) in [5.74, 6) is 0. The fourth-order valence-electron chi connectivity index (χ4n) is 3.07. The van der Waals surface area contributed by atoms with Gasteiger partial charge >= 0.3 is 0 Å². The van der Waals surface area contributed by atoms with Gasteiger partial charge < -0.3 is 0 Å². The molecule has 0 unspecified atom stereocenters. The number of halogens is 1. The second-order valence-electron chi connectivity index (χ2n) is 5.76. The van der Waals surface area contributed by atoms with E-state index in [-0.39, 0.29) is 0 Å². The number of pyridine rings is 1. The van der Waals surface area contributed by atoms with Crippen molar-refractivity contribution in [3.8, 4) is 22.4 Å². The Kier molecular flexibility index (Phi) is 4.04. The molecule has 0 N–H and O–H groups in total. The molecular weight excluding hydrogens is 330 g/mol. The minimum atomic E-state index is 0.654. The lowest BCUT2D eigenvalue weighted by atomic mass is 9.92. The number of carbonyl (C=O) groups excluding carboxylic acids is 1. The van der Waals surface area contributed by atoms with E-state index in [0.29, 0.717) is 10.6 Å². The van der Waals surface area contributed by atoms with E-state index >= 15 is 0 Å². The van der Waals surface area contributed by atoms with Crippen LogP contribution in [0.5, 0.6) is 0 Å². The molecule has 1 heterocycles. The Bertz CT molecular complexity index is 1060. The maximum atomic E-state index is 12.0. The number of para-hydroxylation sites is 1. The fraction of sp³-hybridized carbons (Fsp3) is 0. The van der Waals surface area contributed by atoms with Crippen molar-refractivity contribution in [2.75, 3.05) is 0 Å². The second-order valence-corrected chi connectivity index (χ2v) is 6.19. The molecule has 4 aromatic rings. The lowest BCUT2D eigenvalue weighted by molar-refractivity contribution is 0.112. The van der Waals surface area contributed by atoms with Crippen LogP contribution >= 0.6 is 11.6 Å². The number of aromatic nitrogens is 1. The van der Waals surface area contributed by atoms with Crippen molar-refractivity contribution in [2.45, 2.75) is 0 Å². The quantitative estimate of drug-likeness (QED) is 0.425. The van der Waals surface area contributed by atoms with E-state index < -0.39 is 0 Å². The molecule has 0 radical (unpaired) electrons. The Labute approximate surface area is 150 Å². The highest BCUT2D eigenvalue weighted by molar-refractivity contribution is 6.30. The lowest BCUT2D eigenvalue weighted by Crippen LogP contribution is -1.98. The third kappa shape index (κ3) is 2.81. The van der Waals surface area contributed by atoms with Crippen molar-refractivity contribution >= 4 is 28.8 Å². The third-order valence-electron chi connectivity index (χ3n) is 4.23. The van der Waals surface area contributed by atoms with Crippen LogP contribution in [0.3, 0.4) is 0 Å². The molecule has 0 aliphatic rings. The van der Waals surface area contributed by atoms with Gasteiger partial charge in [-0.2, -0.15) is 0 Å². The van der Waals surface area contributed by atoms with Crippen molar-refractivity contribution < 1.29 is 4.79 Å². The highest BCUT2D eigenvalue weighted by atomic mass is 35.5. The molecule has 0 fully saturated rings. The van der Waals surface area contributed by atoms with Gasteiger partial charge in [-0.1, -0.05) is 72.3 Å². The zero-order valence-electron chi connectivity index (χ0n) is 13.3. The molecule has 3 heteroatoms. The SMILES string of the molecule is O=Cc1c(-c2ccccc2)c(-c2ccc(Cl)cc2)nc2ccccc12. The minimum Gasteiger partial charge on any atom is -0.298 e. The van der Waals surface area contributed by atoms with Gasteiger partial charge in [0, 0.05) is 27.1 Å². The summed E-state index contributed by atoms with van der Waals surface area (Å²) in [7, 11) is 0. The molecule has 25 heavy (non-hydrogen) atoms. The third-order valence-corrected chi connectivity index (χ3v) is 4.48. The van der Waals surface area contributed by atoms with E-state index in [0.717, 1.165) is 39.6 Å². The minimum absolute atomic E-state index is 0.654. The Morgan fingerprint density at radius 3 is 2.16 bits per heavy atom. The van der Waals surface area contributed by atoms with Crippen molar-refractivity contribution in [1.29, 1.82) is 0 Å². The molecule has 0 bridgehead atoms. The summed E-state index contributed by atoms with van der Waals surface area (Å²) in [5, 5.41) is 1.52. The standard InChI is InChI=1S/C22H14ClNO/c23-17-12-10-16(11-13-17)22-21(15-6-2-1-3-7-15)19(14-25)18-8-4-5-9-20(18)24-22/h1-14H. The first kappa shape index (κ1) is 15.6. The summed E-state index contributed by atoms with van der Waals surface area (Å²) in [5.41, 5.74) is 4.97. The molecule has 0 atom stereocenters. The van der Waals surface area contributed by atoms with Crippen molar-refractivity contribution in [2.24, 2.45) is 0 Å². The van der Waals surface area contributed by atoms with E-state index in [2.05, 4.69) is 0 Å². The van der Waals surface area contributed by atoms with Gasteiger partial charge in [0.2, 0.25) is 0 Å². The predicted octanol–water partition coefficient (Wildman–Crippen LogP) is 6.03. The number of hydrogen-bond donors (Lipinski definition) is 0. The van der Waals surface area contributed by atoms with E-state index in [4.69, 9.17) is 16.6 Å². The molecule has 2 nitrogen and oxygen atoms in total. The monoisotopic (exact) mass is 343 g/mol. The summed E-state index contributed by atoms with van der Waals surface area (Å²) >= 11 is 6.03. The van der Waals surface area contributed by atoms with Gasteiger partial charge in [0.1, 0.15) is 0 Å². The molecule has 0 saturated carbocycles.